The van der Waals surface area contributed by atoms with Crippen molar-refractivity contribution in [2.45, 2.75) is 32.4 Å². The van der Waals surface area contributed by atoms with Gasteiger partial charge in [-0.15, -0.1) is 0 Å². The maximum absolute atomic E-state index is 13.5. The molecule has 25 heavy (non-hydrogen) atoms. The molecule has 0 amide bonds. The van der Waals surface area contributed by atoms with Crippen LogP contribution in [0.3, 0.4) is 0 Å². The Hall–Kier alpha value is -2.22. The molecule has 0 N–H and O–H groups in total. The molecule has 0 aromatic heterocycles. The van der Waals surface area contributed by atoms with Crippen molar-refractivity contribution in [1.82, 2.24) is 4.90 Å². The molecule has 2 rings (SSSR count). The van der Waals surface area contributed by atoms with Crippen LogP contribution in [0.1, 0.15) is 53.4 Å². The highest BCUT2D eigenvalue weighted by Crippen LogP contribution is 2.25. The third-order valence-electron chi connectivity index (χ3n) is 3.21. The smallest absolute Gasteiger partial charge is 0.123 e. The van der Waals surface area contributed by atoms with E-state index in [1.54, 1.807) is 6.07 Å². The van der Waals surface area contributed by atoms with Crippen molar-refractivity contribution < 1.29 is 21.5 Å². The van der Waals surface area contributed by atoms with Crippen LogP contribution >= 0.6 is 0 Å². The summed E-state index contributed by atoms with van der Waals surface area (Å²) in [7, 11) is 2.49. The summed E-state index contributed by atoms with van der Waals surface area (Å²) in [5, 5.41) is 9.28. The molecule has 1 unspecified atom stereocenters. The van der Waals surface area contributed by atoms with Crippen LogP contribution in [0.2, 0.25) is 0 Å². The Morgan fingerprint density at radius 3 is 2.68 bits per heavy atom. The third-order valence-corrected chi connectivity index (χ3v) is 3.21. The number of benzene rings is 2. The summed E-state index contributed by atoms with van der Waals surface area (Å²) in [4.78, 5) is 0.878. The van der Waals surface area contributed by atoms with Gasteiger partial charge in [0.05, 0.1) is 28.4 Å². The molecule has 0 aliphatic rings. The number of ether oxygens (including phenoxy) is 1. The molecule has 0 heterocycles. The lowest BCUT2D eigenvalue weighted by Crippen LogP contribution is -2.15. The van der Waals surface area contributed by atoms with E-state index >= 15 is 0 Å². The predicted molar refractivity (Wildman–Crippen MR) is 97.6 cm³/mol. The Labute approximate surface area is 162 Å². The first kappa shape index (κ1) is 10.1. The van der Waals surface area contributed by atoms with Gasteiger partial charge >= 0.3 is 0 Å². The highest BCUT2D eigenvalue weighted by atomic mass is 19.1. The van der Waals surface area contributed by atoms with Gasteiger partial charge in [0.2, 0.25) is 0 Å². The molecule has 0 bridgehead atoms. The van der Waals surface area contributed by atoms with E-state index in [0.29, 0.717) is 0 Å². The molecule has 0 saturated carbocycles. The molecule has 0 radical (unpaired) electrons. The van der Waals surface area contributed by atoms with Crippen LogP contribution in [0.15, 0.2) is 42.4 Å². The number of nitrogens with zero attached hydrogens (tertiary/aromatic N) is 2. The zero-order valence-electron chi connectivity index (χ0n) is 23.2. The van der Waals surface area contributed by atoms with Crippen molar-refractivity contribution in [3.63, 3.8) is 0 Å². The SMILES string of the molecule is [2H]c1cc(C)c(C([2H])O[C@H](c2ccc(F)cc2)C([2H])([2H])C([2H])([2H])C([2H])([2H])N(C)C)c([2H])c1C#N. The molecule has 0 aliphatic carbocycles. The average Bonchev–Trinajstić information content (AvgIpc) is 2.72. The van der Waals surface area contributed by atoms with Crippen LogP contribution < -0.4 is 0 Å². The minimum absolute atomic E-state index is 0.0520. The minimum atomic E-state index is -3.19. The van der Waals surface area contributed by atoms with Crippen molar-refractivity contribution in [1.29, 1.82) is 5.26 Å². The Morgan fingerprint density at radius 2 is 2.04 bits per heavy atom. The monoisotopic (exact) mass is 349 g/mol. The van der Waals surface area contributed by atoms with Gasteiger partial charge in [-0.05, 0) is 81.2 Å². The molecular formula is C21H25FN2O. The molecule has 0 aliphatic heterocycles. The lowest BCUT2D eigenvalue weighted by atomic mass is 10.0. The summed E-state index contributed by atoms with van der Waals surface area (Å²) in [5.41, 5.74) is -0.211. The fraction of sp³-hybridized carbons (Fsp3) is 0.381. The van der Waals surface area contributed by atoms with Crippen LogP contribution in [0, 0.1) is 24.1 Å². The van der Waals surface area contributed by atoms with Gasteiger partial charge in [0.1, 0.15) is 5.82 Å². The second kappa shape index (κ2) is 9.31. The second-order valence-corrected chi connectivity index (χ2v) is 5.46. The molecule has 4 heteroatoms. The Morgan fingerprint density at radius 1 is 1.32 bits per heavy atom. The predicted octanol–water partition coefficient (Wildman–Crippen LogP) is 4.61. The maximum atomic E-state index is 13.5. The van der Waals surface area contributed by atoms with Gasteiger partial charge in [-0.25, -0.2) is 4.39 Å². The molecule has 2 atom stereocenters. The molecule has 132 valence electrons. The largest absolute Gasteiger partial charge is 0.369 e. The Kier molecular flexibility index (Phi) is 3.75. The van der Waals surface area contributed by atoms with Crippen molar-refractivity contribution in [2.75, 3.05) is 20.6 Å². The lowest BCUT2D eigenvalue weighted by Gasteiger charge is -2.20. The van der Waals surface area contributed by atoms with E-state index in [9.17, 15) is 9.65 Å². The summed E-state index contributed by atoms with van der Waals surface area (Å²) in [6.07, 6.45) is -8.19. The van der Waals surface area contributed by atoms with Crippen LogP contribution in [0.5, 0.6) is 0 Å². The van der Waals surface area contributed by atoms with E-state index in [-0.39, 0.29) is 28.3 Å². The van der Waals surface area contributed by atoms with Crippen molar-refractivity contribution in [2.24, 2.45) is 0 Å². The molecule has 3 nitrogen and oxygen atoms in total. The molecule has 0 saturated heterocycles. The Bertz CT molecular complexity index is 1090. The van der Waals surface area contributed by atoms with Crippen LogP contribution in [0.25, 0.3) is 0 Å². The van der Waals surface area contributed by atoms with Gasteiger partial charge in [0, 0.05) is 8.22 Å². The summed E-state index contributed by atoms with van der Waals surface area (Å²) in [5.74, 6) is -0.647. The zero-order chi connectivity index (χ0) is 26.2. The van der Waals surface area contributed by atoms with Gasteiger partial charge < -0.3 is 9.64 Å². The summed E-state index contributed by atoms with van der Waals surface area (Å²) >= 11 is 0. The molecule has 2 aromatic carbocycles. The highest BCUT2D eigenvalue weighted by Gasteiger charge is 2.13. The molecule has 0 spiro atoms. The van der Waals surface area contributed by atoms with Crippen LogP contribution in [-0.4, -0.2) is 25.5 Å². The normalized spacial score (nSPS) is 20.4. The van der Waals surface area contributed by atoms with Crippen molar-refractivity contribution in [3.05, 3.63) is 70.5 Å². The van der Waals surface area contributed by atoms with E-state index in [0.717, 1.165) is 29.2 Å². The van der Waals surface area contributed by atoms with E-state index in [1.165, 1.54) is 27.1 Å². The van der Waals surface area contributed by atoms with Gasteiger partial charge in [0.25, 0.3) is 0 Å². The Balaban J connectivity index is 2.67. The van der Waals surface area contributed by atoms with Crippen molar-refractivity contribution in [3.8, 4) is 6.07 Å². The number of hydrogen-bond acceptors (Lipinski definition) is 3. The fourth-order valence-electron chi connectivity index (χ4n) is 1.89. The summed E-state index contributed by atoms with van der Waals surface area (Å²) in [6.45, 7) is -3.12. The molecule has 2 aromatic rings. The highest BCUT2D eigenvalue weighted by molar-refractivity contribution is 5.37. The van der Waals surface area contributed by atoms with Gasteiger partial charge in [-0.2, -0.15) is 5.26 Å². The number of nitriles is 1. The minimum Gasteiger partial charge on any atom is -0.369 e. The number of halogens is 1. The van der Waals surface area contributed by atoms with Gasteiger partial charge in [0.15, 0.2) is 0 Å². The van der Waals surface area contributed by atoms with Crippen LogP contribution in [0.4, 0.5) is 4.39 Å². The number of hydrogen-bond donors (Lipinski definition) is 0. The fourth-order valence-corrected chi connectivity index (χ4v) is 1.89. The first-order valence-electron chi connectivity index (χ1n) is 12.1. The quantitative estimate of drug-likeness (QED) is 0.698. The summed E-state index contributed by atoms with van der Waals surface area (Å²) in [6, 6.07) is 6.61. The lowest BCUT2D eigenvalue weighted by molar-refractivity contribution is 0.0311. The first-order chi connectivity index (χ1) is 15.5. The topological polar surface area (TPSA) is 36.3 Å². The average molecular weight is 349 g/mol. The molecular weight excluding hydrogens is 315 g/mol. The van der Waals surface area contributed by atoms with Crippen LogP contribution in [-0.2, 0) is 11.3 Å². The van der Waals surface area contributed by atoms with E-state index in [1.807, 2.05) is 0 Å². The number of rotatable bonds is 8. The van der Waals surface area contributed by atoms with Crippen molar-refractivity contribution >= 4 is 0 Å². The molecule has 0 fully saturated rings. The van der Waals surface area contributed by atoms with Gasteiger partial charge in [-0.3, -0.25) is 0 Å². The maximum Gasteiger partial charge on any atom is 0.123 e. The summed E-state index contributed by atoms with van der Waals surface area (Å²) < 4.78 is 94.0. The zero-order valence-corrected chi connectivity index (χ0v) is 14.2. The van der Waals surface area contributed by atoms with E-state index in [4.69, 9.17) is 17.1 Å². The first-order valence-corrected chi connectivity index (χ1v) is 7.52. The standard InChI is InChI=1S/C21H25FN2O/c1-16-6-7-17(14-23)13-19(16)15-25-21(5-4-12-24(2)3)18-8-10-20(22)11-9-18/h6-11,13,21H,4-5,12,15H2,1-3H3/t21-/m0/s1/i4D2,5D2,7D,12D2,13D,15D/t15?,21-. The third kappa shape index (κ3) is 5.97. The number of aryl methyl sites for hydroxylation is 1. The van der Waals surface area contributed by atoms with Gasteiger partial charge in [-0.1, -0.05) is 18.2 Å². The van der Waals surface area contributed by atoms with E-state index in [2.05, 4.69) is 0 Å². The van der Waals surface area contributed by atoms with E-state index < -0.39 is 43.8 Å². The second-order valence-electron chi connectivity index (χ2n) is 5.46.